The van der Waals surface area contributed by atoms with Gasteiger partial charge in [-0.05, 0) is 42.3 Å². The van der Waals surface area contributed by atoms with Crippen molar-refractivity contribution in [2.45, 2.75) is 12.5 Å². The summed E-state index contributed by atoms with van der Waals surface area (Å²) in [5.74, 6) is -0.254. The van der Waals surface area contributed by atoms with Gasteiger partial charge in [-0.1, -0.05) is 17.7 Å². The summed E-state index contributed by atoms with van der Waals surface area (Å²) in [5, 5.41) is 5.82. The number of benzene rings is 1. The molecule has 1 aromatic heterocycles. The normalized spacial score (nSPS) is 12.6. The van der Waals surface area contributed by atoms with Gasteiger partial charge in [-0.3, -0.25) is 0 Å². The molecule has 2 aromatic rings. The molecule has 1 N–H and O–H groups in total. The van der Waals surface area contributed by atoms with Gasteiger partial charge in [0, 0.05) is 22.4 Å². The Morgan fingerprint density at radius 2 is 2.24 bits per heavy atom. The standard InChI is InChI=1S/C13H13ClFNS/c1-16-13(8-10-3-2-6-17-10)11-7-9(15)4-5-12(11)14/h2-7,13,16H,8H2,1H3. The number of hydrogen-bond acceptors (Lipinski definition) is 2. The minimum absolute atomic E-state index is 0.0387. The number of nitrogens with one attached hydrogen (secondary N) is 1. The van der Waals surface area contributed by atoms with Gasteiger partial charge in [-0.25, -0.2) is 4.39 Å². The van der Waals surface area contributed by atoms with Crippen LogP contribution in [0.2, 0.25) is 5.02 Å². The van der Waals surface area contributed by atoms with Gasteiger partial charge in [0.15, 0.2) is 0 Å². The molecule has 1 atom stereocenters. The molecule has 0 spiro atoms. The molecule has 0 aliphatic carbocycles. The largest absolute Gasteiger partial charge is 0.313 e. The van der Waals surface area contributed by atoms with Crippen LogP contribution in [0.4, 0.5) is 4.39 Å². The molecule has 0 radical (unpaired) electrons. The lowest BCUT2D eigenvalue weighted by atomic mass is 10.0. The maximum absolute atomic E-state index is 13.2. The van der Waals surface area contributed by atoms with E-state index in [1.54, 1.807) is 17.4 Å². The van der Waals surface area contributed by atoms with Gasteiger partial charge in [0.25, 0.3) is 0 Å². The van der Waals surface area contributed by atoms with Crippen LogP contribution in [-0.4, -0.2) is 7.05 Å². The Morgan fingerprint density at radius 3 is 2.88 bits per heavy atom. The van der Waals surface area contributed by atoms with E-state index in [0.717, 1.165) is 12.0 Å². The molecular formula is C13H13ClFNS. The first kappa shape index (κ1) is 12.6. The fraction of sp³-hybridized carbons (Fsp3) is 0.231. The van der Waals surface area contributed by atoms with Crippen LogP contribution >= 0.6 is 22.9 Å². The van der Waals surface area contributed by atoms with Crippen molar-refractivity contribution < 1.29 is 4.39 Å². The fourth-order valence-corrected chi connectivity index (χ4v) is 2.78. The predicted molar refractivity (Wildman–Crippen MR) is 71.2 cm³/mol. The Balaban J connectivity index is 2.25. The zero-order chi connectivity index (χ0) is 12.3. The average Bonchev–Trinajstić information content (AvgIpc) is 2.82. The first-order valence-corrected chi connectivity index (χ1v) is 6.61. The third-order valence-corrected chi connectivity index (χ3v) is 3.91. The minimum Gasteiger partial charge on any atom is -0.313 e. The van der Waals surface area contributed by atoms with Crippen molar-refractivity contribution in [3.8, 4) is 0 Å². The smallest absolute Gasteiger partial charge is 0.123 e. The highest BCUT2D eigenvalue weighted by Gasteiger charge is 2.14. The molecule has 17 heavy (non-hydrogen) atoms. The van der Waals surface area contributed by atoms with Crippen LogP contribution in [0.3, 0.4) is 0 Å². The molecule has 2 rings (SSSR count). The van der Waals surface area contributed by atoms with E-state index in [0.29, 0.717) is 5.02 Å². The van der Waals surface area contributed by atoms with Gasteiger partial charge >= 0.3 is 0 Å². The maximum atomic E-state index is 13.2. The van der Waals surface area contributed by atoms with Crippen LogP contribution in [0.5, 0.6) is 0 Å². The lowest BCUT2D eigenvalue weighted by Crippen LogP contribution is -2.19. The van der Waals surface area contributed by atoms with E-state index in [4.69, 9.17) is 11.6 Å². The van der Waals surface area contributed by atoms with E-state index in [-0.39, 0.29) is 11.9 Å². The molecule has 0 aliphatic rings. The Hall–Kier alpha value is -0.900. The van der Waals surface area contributed by atoms with Crippen LogP contribution in [0.15, 0.2) is 35.7 Å². The molecule has 90 valence electrons. The topological polar surface area (TPSA) is 12.0 Å². The van der Waals surface area contributed by atoms with Crippen molar-refractivity contribution in [3.05, 3.63) is 57.0 Å². The molecule has 0 fully saturated rings. The molecule has 1 nitrogen and oxygen atoms in total. The summed E-state index contributed by atoms with van der Waals surface area (Å²) in [6.07, 6.45) is 0.817. The second-order valence-electron chi connectivity index (χ2n) is 3.79. The van der Waals surface area contributed by atoms with Crippen LogP contribution in [0.25, 0.3) is 0 Å². The van der Waals surface area contributed by atoms with Crippen molar-refractivity contribution in [1.82, 2.24) is 5.32 Å². The van der Waals surface area contributed by atoms with Gasteiger partial charge in [0.1, 0.15) is 5.82 Å². The van der Waals surface area contributed by atoms with Crippen molar-refractivity contribution >= 4 is 22.9 Å². The highest BCUT2D eigenvalue weighted by Crippen LogP contribution is 2.27. The van der Waals surface area contributed by atoms with Crippen molar-refractivity contribution in [2.75, 3.05) is 7.05 Å². The lowest BCUT2D eigenvalue weighted by Gasteiger charge is -2.17. The zero-order valence-electron chi connectivity index (χ0n) is 9.41. The Bertz CT molecular complexity index is 484. The minimum atomic E-state index is -0.254. The molecule has 0 saturated heterocycles. The zero-order valence-corrected chi connectivity index (χ0v) is 11.0. The van der Waals surface area contributed by atoms with E-state index in [9.17, 15) is 4.39 Å². The van der Waals surface area contributed by atoms with Crippen molar-refractivity contribution in [1.29, 1.82) is 0 Å². The molecule has 1 aromatic carbocycles. The first-order chi connectivity index (χ1) is 8.20. The highest BCUT2D eigenvalue weighted by atomic mass is 35.5. The van der Waals surface area contributed by atoms with Gasteiger partial charge in [0.2, 0.25) is 0 Å². The van der Waals surface area contributed by atoms with E-state index < -0.39 is 0 Å². The highest BCUT2D eigenvalue weighted by molar-refractivity contribution is 7.09. The third-order valence-electron chi connectivity index (χ3n) is 2.67. The third kappa shape index (κ3) is 3.06. The van der Waals surface area contributed by atoms with Gasteiger partial charge in [-0.15, -0.1) is 11.3 Å². The molecule has 0 aliphatic heterocycles. The van der Waals surface area contributed by atoms with Gasteiger partial charge < -0.3 is 5.32 Å². The molecule has 4 heteroatoms. The maximum Gasteiger partial charge on any atom is 0.123 e. The number of halogens is 2. The fourth-order valence-electron chi connectivity index (χ4n) is 1.78. The summed E-state index contributed by atoms with van der Waals surface area (Å²) in [6, 6.07) is 8.60. The number of thiophene rings is 1. The van der Waals surface area contributed by atoms with E-state index >= 15 is 0 Å². The number of likely N-dealkylation sites (N-methyl/N-ethyl adjacent to an activating group) is 1. The Kier molecular flexibility index (Phi) is 4.15. The summed E-state index contributed by atoms with van der Waals surface area (Å²) < 4.78 is 13.2. The molecule has 0 bridgehead atoms. The number of rotatable bonds is 4. The molecule has 0 saturated carbocycles. The van der Waals surface area contributed by atoms with E-state index in [1.165, 1.54) is 17.0 Å². The van der Waals surface area contributed by atoms with E-state index in [1.807, 2.05) is 18.5 Å². The predicted octanol–water partition coefficient (Wildman–Crippen LogP) is 4.04. The summed E-state index contributed by atoms with van der Waals surface area (Å²) in [7, 11) is 1.86. The van der Waals surface area contributed by atoms with Crippen LogP contribution in [-0.2, 0) is 6.42 Å². The molecular weight excluding hydrogens is 257 g/mol. The number of hydrogen-bond donors (Lipinski definition) is 1. The summed E-state index contributed by atoms with van der Waals surface area (Å²) in [6.45, 7) is 0. The van der Waals surface area contributed by atoms with Gasteiger partial charge in [-0.2, -0.15) is 0 Å². The summed E-state index contributed by atoms with van der Waals surface area (Å²) in [5.41, 5.74) is 0.808. The first-order valence-electron chi connectivity index (χ1n) is 5.35. The van der Waals surface area contributed by atoms with Crippen LogP contribution in [0.1, 0.15) is 16.5 Å². The quantitative estimate of drug-likeness (QED) is 0.883. The average molecular weight is 270 g/mol. The monoisotopic (exact) mass is 269 g/mol. The Morgan fingerprint density at radius 1 is 1.41 bits per heavy atom. The molecule has 1 heterocycles. The lowest BCUT2D eigenvalue weighted by molar-refractivity contribution is 0.581. The van der Waals surface area contributed by atoms with Crippen LogP contribution < -0.4 is 5.32 Å². The van der Waals surface area contributed by atoms with Gasteiger partial charge in [0.05, 0.1) is 0 Å². The molecule has 1 unspecified atom stereocenters. The Labute approximate surface area is 109 Å². The summed E-state index contributed by atoms with van der Waals surface area (Å²) in [4.78, 5) is 1.25. The van der Waals surface area contributed by atoms with Crippen LogP contribution in [0, 0.1) is 5.82 Å². The van der Waals surface area contributed by atoms with E-state index in [2.05, 4.69) is 11.4 Å². The summed E-state index contributed by atoms with van der Waals surface area (Å²) >= 11 is 7.80. The second kappa shape index (κ2) is 5.63. The SMILES string of the molecule is CNC(Cc1cccs1)c1cc(F)ccc1Cl. The second-order valence-corrected chi connectivity index (χ2v) is 5.23. The van der Waals surface area contributed by atoms with Crippen molar-refractivity contribution in [3.63, 3.8) is 0 Å². The molecule has 0 amide bonds. The van der Waals surface area contributed by atoms with Crippen molar-refractivity contribution in [2.24, 2.45) is 0 Å².